The molecule has 2 aromatic carbocycles. The number of carbonyl (C=O) groups is 1. The fourth-order valence-electron chi connectivity index (χ4n) is 2.53. The molecule has 0 fully saturated rings. The predicted octanol–water partition coefficient (Wildman–Crippen LogP) is 4.46. The Kier molecular flexibility index (Phi) is 3.33. The molecule has 2 nitrogen and oxygen atoms in total. The summed E-state index contributed by atoms with van der Waals surface area (Å²) in [6.45, 7) is 2.80. The van der Waals surface area contributed by atoms with Gasteiger partial charge in [-0.05, 0) is 24.6 Å². The third kappa shape index (κ3) is 2.35. The summed E-state index contributed by atoms with van der Waals surface area (Å²) in [6, 6.07) is 14.0. The summed E-state index contributed by atoms with van der Waals surface area (Å²) in [5.74, 6) is 0. The van der Waals surface area contributed by atoms with E-state index < -0.39 is 0 Å². The number of aryl methyl sites for hydroxylation is 1. The van der Waals surface area contributed by atoms with Gasteiger partial charge < -0.3 is 4.57 Å². The van der Waals surface area contributed by atoms with Gasteiger partial charge in [0.05, 0.1) is 5.52 Å². The van der Waals surface area contributed by atoms with Crippen LogP contribution in [0.1, 0.15) is 21.5 Å². The normalized spacial score (nSPS) is 10.9. The number of nitrogens with zero attached hydrogens (tertiary/aromatic N) is 1. The summed E-state index contributed by atoms with van der Waals surface area (Å²) in [5.41, 5.74) is 4.12. The molecule has 0 aliphatic heterocycles. The summed E-state index contributed by atoms with van der Waals surface area (Å²) >= 11 is 6.07. The molecule has 100 valence electrons. The Labute approximate surface area is 122 Å². The molecular weight excluding hydrogens is 270 g/mol. The second-order valence-corrected chi connectivity index (χ2v) is 5.42. The van der Waals surface area contributed by atoms with Gasteiger partial charge in [0.25, 0.3) is 0 Å². The van der Waals surface area contributed by atoms with Crippen LogP contribution in [0.25, 0.3) is 10.9 Å². The topological polar surface area (TPSA) is 22.0 Å². The van der Waals surface area contributed by atoms with Crippen molar-refractivity contribution < 1.29 is 4.79 Å². The predicted molar refractivity (Wildman–Crippen MR) is 82.6 cm³/mol. The Hall–Kier alpha value is -2.06. The molecule has 1 aromatic heterocycles. The van der Waals surface area contributed by atoms with Crippen molar-refractivity contribution in [2.75, 3.05) is 0 Å². The molecule has 1 heterocycles. The zero-order valence-electron chi connectivity index (χ0n) is 11.1. The van der Waals surface area contributed by atoms with Crippen molar-refractivity contribution in [3.8, 4) is 0 Å². The summed E-state index contributed by atoms with van der Waals surface area (Å²) in [4.78, 5) is 11.2. The summed E-state index contributed by atoms with van der Waals surface area (Å²) in [7, 11) is 0. The lowest BCUT2D eigenvalue weighted by Crippen LogP contribution is -1.98. The smallest absolute Gasteiger partial charge is 0.152 e. The van der Waals surface area contributed by atoms with Crippen LogP contribution in [-0.2, 0) is 6.54 Å². The first-order chi connectivity index (χ1) is 9.67. The minimum Gasteiger partial charge on any atom is -0.342 e. The van der Waals surface area contributed by atoms with Crippen LogP contribution in [0, 0.1) is 6.92 Å². The molecule has 0 atom stereocenters. The molecule has 0 radical (unpaired) electrons. The van der Waals surface area contributed by atoms with E-state index in [1.807, 2.05) is 30.5 Å². The summed E-state index contributed by atoms with van der Waals surface area (Å²) in [5, 5.41) is 1.62. The molecule has 0 aliphatic carbocycles. The minimum atomic E-state index is 0.679. The number of carbonyl (C=O) groups excluding carboxylic acids is 1. The number of hydrogen-bond acceptors (Lipinski definition) is 1. The van der Waals surface area contributed by atoms with E-state index in [0.717, 1.165) is 23.7 Å². The molecule has 0 saturated carbocycles. The number of hydrogen-bond donors (Lipinski definition) is 0. The molecule has 0 saturated heterocycles. The van der Waals surface area contributed by atoms with Gasteiger partial charge in [-0.15, -0.1) is 0 Å². The van der Waals surface area contributed by atoms with E-state index in [2.05, 4.69) is 29.7 Å². The lowest BCUT2D eigenvalue weighted by atomic mass is 10.1. The standard InChI is InChI=1S/C17H14ClNO/c1-12-3-2-4-13(7-12)9-19-10-14(11-20)16-6-5-15(18)8-17(16)19/h2-8,10-11H,9H2,1H3. The van der Waals surface area contributed by atoms with Crippen LogP contribution in [0.15, 0.2) is 48.7 Å². The highest BCUT2D eigenvalue weighted by Crippen LogP contribution is 2.24. The first kappa shape index (κ1) is 12.9. The van der Waals surface area contributed by atoms with Crippen LogP contribution >= 0.6 is 11.6 Å². The highest BCUT2D eigenvalue weighted by Gasteiger charge is 2.09. The molecular formula is C17H14ClNO. The molecule has 0 N–H and O–H groups in total. The number of aromatic nitrogens is 1. The average molecular weight is 284 g/mol. The largest absolute Gasteiger partial charge is 0.342 e. The van der Waals surface area contributed by atoms with E-state index in [1.54, 1.807) is 0 Å². The zero-order chi connectivity index (χ0) is 14.1. The van der Waals surface area contributed by atoms with Gasteiger partial charge in [0, 0.05) is 28.7 Å². The SMILES string of the molecule is Cc1cccc(Cn2cc(C=O)c3ccc(Cl)cc32)c1. The number of fused-ring (bicyclic) bond motifs is 1. The lowest BCUT2D eigenvalue weighted by molar-refractivity contribution is 0.112. The molecule has 20 heavy (non-hydrogen) atoms. The van der Waals surface area contributed by atoms with Crippen molar-refractivity contribution in [2.24, 2.45) is 0 Å². The second-order valence-electron chi connectivity index (χ2n) is 4.98. The third-order valence-corrected chi connectivity index (χ3v) is 3.67. The molecule has 0 bridgehead atoms. The Morgan fingerprint density at radius 3 is 2.80 bits per heavy atom. The van der Waals surface area contributed by atoms with Gasteiger partial charge in [0.1, 0.15) is 0 Å². The maximum absolute atomic E-state index is 11.2. The maximum atomic E-state index is 11.2. The highest BCUT2D eigenvalue weighted by atomic mass is 35.5. The number of halogens is 1. The van der Waals surface area contributed by atoms with E-state index in [0.29, 0.717) is 10.6 Å². The maximum Gasteiger partial charge on any atom is 0.152 e. The Morgan fingerprint density at radius 2 is 2.05 bits per heavy atom. The van der Waals surface area contributed by atoms with E-state index in [9.17, 15) is 4.79 Å². The van der Waals surface area contributed by atoms with Crippen LogP contribution in [0.3, 0.4) is 0 Å². The molecule has 0 spiro atoms. The second kappa shape index (κ2) is 5.14. The first-order valence-corrected chi connectivity index (χ1v) is 6.84. The fraction of sp³-hybridized carbons (Fsp3) is 0.118. The van der Waals surface area contributed by atoms with Gasteiger partial charge in [0.15, 0.2) is 6.29 Å². The lowest BCUT2D eigenvalue weighted by Gasteiger charge is -2.06. The fourth-order valence-corrected chi connectivity index (χ4v) is 2.69. The van der Waals surface area contributed by atoms with Crippen molar-refractivity contribution >= 4 is 28.8 Å². The van der Waals surface area contributed by atoms with Crippen LogP contribution in [0.2, 0.25) is 5.02 Å². The minimum absolute atomic E-state index is 0.679. The highest BCUT2D eigenvalue weighted by molar-refractivity contribution is 6.31. The van der Waals surface area contributed by atoms with Gasteiger partial charge in [0.2, 0.25) is 0 Å². The van der Waals surface area contributed by atoms with Crippen LogP contribution in [0.4, 0.5) is 0 Å². The molecule has 0 aliphatic rings. The van der Waals surface area contributed by atoms with Crippen molar-refractivity contribution in [1.29, 1.82) is 0 Å². The zero-order valence-corrected chi connectivity index (χ0v) is 11.9. The molecule has 3 rings (SSSR count). The number of rotatable bonds is 3. The van der Waals surface area contributed by atoms with E-state index in [4.69, 9.17) is 11.6 Å². The molecule has 0 amide bonds. The van der Waals surface area contributed by atoms with Crippen LogP contribution < -0.4 is 0 Å². The summed E-state index contributed by atoms with van der Waals surface area (Å²) < 4.78 is 2.07. The van der Waals surface area contributed by atoms with Crippen LogP contribution in [-0.4, -0.2) is 10.9 Å². The van der Waals surface area contributed by atoms with Crippen molar-refractivity contribution in [2.45, 2.75) is 13.5 Å². The van der Waals surface area contributed by atoms with E-state index >= 15 is 0 Å². The first-order valence-electron chi connectivity index (χ1n) is 6.46. The van der Waals surface area contributed by atoms with Crippen molar-refractivity contribution in [3.63, 3.8) is 0 Å². The Balaban J connectivity index is 2.11. The van der Waals surface area contributed by atoms with Gasteiger partial charge in [-0.3, -0.25) is 4.79 Å². The Morgan fingerprint density at radius 1 is 1.20 bits per heavy atom. The van der Waals surface area contributed by atoms with Gasteiger partial charge in [-0.1, -0.05) is 47.5 Å². The molecule has 0 unspecified atom stereocenters. The van der Waals surface area contributed by atoms with E-state index in [-0.39, 0.29) is 0 Å². The summed E-state index contributed by atoms with van der Waals surface area (Å²) in [6.07, 6.45) is 2.78. The van der Waals surface area contributed by atoms with Gasteiger partial charge in [-0.25, -0.2) is 0 Å². The number of aldehydes is 1. The monoisotopic (exact) mass is 283 g/mol. The van der Waals surface area contributed by atoms with Gasteiger partial charge in [-0.2, -0.15) is 0 Å². The molecule has 3 heteroatoms. The van der Waals surface area contributed by atoms with E-state index in [1.165, 1.54) is 11.1 Å². The third-order valence-electron chi connectivity index (χ3n) is 3.44. The molecule has 3 aromatic rings. The van der Waals surface area contributed by atoms with Crippen molar-refractivity contribution in [1.82, 2.24) is 4.57 Å². The van der Waals surface area contributed by atoms with Crippen molar-refractivity contribution in [3.05, 3.63) is 70.4 Å². The quantitative estimate of drug-likeness (QED) is 0.650. The average Bonchev–Trinajstić information content (AvgIpc) is 2.76. The number of benzene rings is 2. The Bertz CT molecular complexity index is 789. The van der Waals surface area contributed by atoms with Crippen LogP contribution in [0.5, 0.6) is 0 Å². The van der Waals surface area contributed by atoms with Gasteiger partial charge >= 0.3 is 0 Å².